The van der Waals surface area contributed by atoms with Crippen LogP contribution in [0.5, 0.6) is 0 Å². The monoisotopic (exact) mass is 300 g/mol. The predicted octanol–water partition coefficient (Wildman–Crippen LogP) is 2.94. The molecule has 0 amide bonds. The van der Waals surface area contributed by atoms with Crippen LogP contribution in [0.3, 0.4) is 0 Å². The van der Waals surface area contributed by atoms with Gasteiger partial charge >= 0.3 is 0 Å². The molecule has 3 nitrogen and oxygen atoms in total. The molecule has 1 aromatic carbocycles. The van der Waals surface area contributed by atoms with E-state index in [0.29, 0.717) is 0 Å². The minimum Gasteiger partial charge on any atom is -0.385 e. The highest BCUT2D eigenvalue weighted by Gasteiger charge is 2.08. The normalized spacial score (nSPS) is 12.5. The molecule has 17 heavy (non-hydrogen) atoms. The number of hydrogen-bond donors (Lipinski definition) is 1. The van der Waals surface area contributed by atoms with Crippen molar-refractivity contribution in [2.24, 2.45) is 5.73 Å². The number of hydrogen-bond acceptors (Lipinski definition) is 3. The second-order valence-corrected chi connectivity index (χ2v) is 5.12. The number of halogens is 1. The second-order valence-electron chi connectivity index (χ2n) is 4.27. The van der Waals surface area contributed by atoms with E-state index in [0.717, 1.165) is 29.6 Å². The Morgan fingerprint density at radius 2 is 2.18 bits per heavy atom. The van der Waals surface area contributed by atoms with Crippen molar-refractivity contribution in [1.82, 2.24) is 0 Å². The van der Waals surface area contributed by atoms with Gasteiger partial charge in [0.25, 0.3) is 0 Å². The number of nitrogens with zero attached hydrogens (tertiary/aromatic N) is 1. The highest BCUT2D eigenvalue weighted by atomic mass is 79.9. The molecule has 1 rings (SSSR count). The van der Waals surface area contributed by atoms with E-state index in [4.69, 9.17) is 10.5 Å². The lowest BCUT2D eigenvalue weighted by atomic mass is 10.1. The molecule has 0 bridgehead atoms. The molecule has 0 saturated carbocycles. The van der Waals surface area contributed by atoms with Crippen molar-refractivity contribution in [2.45, 2.75) is 19.4 Å². The third-order valence-electron chi connectivity index (χ3n) is 2.75. The van der Waals surface area contributed by atoms with Crippen molar-refractivity contribution in [3.63, 3.8) is 0 Å². The molecule has 0 aliphatic carbocycles. The zero-order valence-corrected chi connectivity index (χ0v) is 12.3. The highest BCUT2D eigenvalue weighted by Crippen LogP contribution is 2.28. The van der Waals surface area contributed by atoms with E-state index in [1.54, 1.807) is 7.11 Å². The van der Waals surface area contributed by atoms with Gasteiger partial charge < -0.3 is 15.4 Å². The summed E-state index contributed by atoms with van der Waals surface area (Å²) in [5, 5.41) is 0. The van der Waals surface area contributed by atoms with Gasteiger partial charge in [0.15, 0.2) is 0 Å². The molecule has 2 N–H and O–H groups in total. The third kappa shape index (κ3) is 4.30. The van der Waals surface area contributed by atoms with Crippen LogP contribution in [0, 0.1) is 0 Å². The molecule has 0 heterocycles. The number of methoxy groups -OCH3 is 1. The maximum Gasteiger partial charge on any atom is 0.0508 e. The number of ether oxygens (including phenoxy) is 1. The van der Waals surface area contributed by atoms with Gasteiger partial charge in [-0.05, 0) is 47.0 Å². The molecular formula is C13H21BrN2O. The summed E-state index contributed by atoms with van der Waals surface area (Å²) < 4.78 is 6.14. The van der Waals surface area contributed by atoms with Gasteiger partial charge in [0.1, 0.15) is 0 Å². The fraction of sp³-hybridized carbons (Fsp3) is 0.538. The van der Waals surface area contributed by atoms with Crippen LogP contribution in [0.1, 0.15) is 24.9 Å². The molecule has 96 valence electrons. The van der Waals surface area contributed by atoms with E-state index in [1.807, 2.05) is 6.92 Å². The summed E-state index contributed by atoms with van der Waals surface area (Å²) in [6.45, 7) is 3.76. The molecule has 0 aliphatic heterocycles. The Hall–Kier alpha value is -0.580. The molecule has 0 aliphatic rings. The van der Waals surface area contributed by atoms with E-state index in [9.17, 15) is 0 Å². The zero-order valence-electron chi connectivity index (χ0n) is 10.7. The molecule has 4 heteroatoms. The standard InChI is InChI=1S/C13H21BrN2O/c1-10(15)11-5-6-13(12(14)9-11)16(2)7-4-8-17-3/h5-6,9-10H,4,7-8,15H2,1-3H3/t10-/m1/s1. The third-order valence-corrected chi connectivity index (χ3v) is 3.39. The van der Waals surface area contributed by atoms with Crippen molar-refractivity contribution in [1.29, 1.82) is 0 Å². The van der Waals surface area contributed by atoms with Crippen LogP contribution in [0.2, 0.25) is 0 Å². The Morgan fingerprint density at radius 3 is 2.71 bits per heavy atom. The zero-order chi connectivity index (χ0) is 12.8. The van der Waals surface area contributed by atoms with Crippen LogP contribution >= 0.6 is 15.9 Å². The Balaban J connectivity index is 2.70. The quantitative estimate of drug-likeness (QED) is 0.821. The lowest BCUT2D eigenvalue weighted by Crippen LogP contribution is -2.20. The molecule has 0 fully saturated rings. The van der Waals surface area contributed by atoms with E-state index >= 15 is 0 Å². The Bertz CT molecular complexity index is 355. The Labute approximate surface area is 112 Å². The van der Waals surface area contributed by atoms with Crippen LogP contribution in [-0.2, 0) is 4.74 Å². The Kier molecular flexibility index (Phi) is 5.95. The first-order chi connectivity index (χ1) is 8.06. The molecule has 0 spiro atoms. The van der Waals surface area contributed by atoms with Crippen molar-refractivity contribution in [3.8, 4) is 0 Å². The average molecular weight is 301 g/mol. The summed E-state index contributed by atoms with van der Waals surface area (Å²) in [4.78, 5) is 2.22. The average Bonchev–Trinajstić information content (AvgIpc) is 2.28. The maximum atomic E-state index is 5.86. The van der Waals surface area contributed by atoms with Crippen LogP contribution in [0.4, 0.5) is 5.69 Å². The van der Waals surface area contributed by atoms with Crippen LogP contribution < -0.4 is 10.6 Å². The van der Waals surface area contributed by atoms with Crippen molar-refractivity contribution >= 4 is 21.6 Å². The molecule has 1 aromatic rings. The van der Waals surface area contributed by atoms with E-state index in [1.165, 1.54) is 5.69 Å². The van der Waals surface area contributed by atoms with Gasteiger partial charge in [0.05, 0.1) is 5.69 Å². The van der Waals surface area contributed by atoms with Crippen LogP contribution in [0.25, 0.3) is 0 Å². The van der Waals surface area contributed by atoms with Crippen molar-refractivity contribution < 1.29 is 4.74 Å². The van der Waals surface area contributed by atoms with Gasteiger partial charge in [-0.3, -0.25) is 0 Å². The van der Waals surface area contributed by atoms with Crippen LogP contribution in [0.15, 0.2) is 22.7 Å². The summed E-state index contributed by atoms with van der Waals surface area (Å²) >= 11 is 3.60. The van der Waals surface area contributed by atoms with Gasteiger partial charge in [-0.25, -0.2) is 0 Å². The lowest BCUT2D eigenvalue weighted by Gasteiger charge is -2.21. The summed E-state index contributed by atoms with van der Waals surface area (Å²) in [7, 11) is 3.81. The van der Waals surface area contributed by atoms with Gasteiger partial charge in [0, 0.05) is 37.8 Å². The summed E-state index contributed by atoms with van der Waals surface area (Å²) in [5.41, 5.74) is 8.19. The molecule has 0 saturated heterocycles. The summed E-state index contributed by atoms with van der Waals surface area (Å²) in [5.74, 6) is 0. The maximum absolute atomic E-state index is 5.86. The highest BCUT2D eigenvalue weighted by molar-refractivity contribution is 9.10. The second kappa shape index (κ2) is 6.99. The minimum atomic E-state index is 0.0687. The molecule has 0 unspecified atom stereocenters. The molecular weight excluding hydrogens is 280 g/mol. The first kappa shape index (κ1) is 14.5. The van der Waals surface area contributed by atoms with Gasteiger partial charge in [0.2, 0.25) is 0 Å². The minimum absolute atomic E-state index is 0.0687. The first-order valence-corrected chi connectivity index (χ1v) is 6.60. The Morgan fingerprint density at radius 1 is 1.47 bits per heavy atom. The number of rotatable bonds is 6. The van der Waals surface area contributed by atoms with Gasteiger partial charge in [-0.1, -0.05) is 6.07 Å². The van der Waals surface area contributed by atoms with E-state index < -0.39 is 0 Å². The lowest BCUT2D eigenvalue weighted by molar-refractivity contribution is 0.196. The summed E-state index contributed by atoms with van der Waals surface area (Å²) in [6, 6.07) is 6.35. The molecule has 1 atom stereocenters. The van der Waals surface area contributed by atoms with Crippen molar-refractivity contribution in [3.05, 3.63) is 28.2 Å². The topological polar surface area (TPSA) is 38.5 Å². The van der Waals surface area contributed by atoms with E-state index in [2.05, 4.69) is 46.1 Å². The first-order valence-electron chi connectivity index (χ1n) is 5.81. The number of nitrogens with two attached hydrogens (primary N) is 1. The van der Waals surface area contributed by atoms with Crippen LogP contribution in [-0.4, -0.2) is 27.3 Å². The number of anilines is 1. The summed E-state index contributed by atoms with van der Waals surface area (Å²) in [6.07, 6.45) is 1.02. The van der Waals surface area contributed by atoms with E-state index in [-0.39, 0.29) is 6.04 Å². The smallest absolute Gasteiger partial charge is 0.0508 e. The molecule has 0 radical (unpaired) electrons. The fourth-order valence-corrected chi connectivity index (χ4v) is 2.38. The predicted molar refractivity (Wildman–Crippen MR) is 76.5 cm³/mol. The van der Waals surface area contributed by atoms with Gasteiger partial charge in [-0.15, -0.1) is 0 Å². The molecule has 0 aromatic heterocycles. The SMILES string of the molecule is COCCCN(C)c1ccc([C@@H](C)N)cc1Br. The van der Waals surface area contributed by atoms with Gasteiger partial charge in [-0.2, -0.15) is 0 Å². The number of benzene rings is 1. The fourth-order valence-electron chi connectivity index (χ4n) is 1.68. The van der Waals surface area contributed by atoms with Crippen molar-refractivity contribution in [2.75, 3.05) is 32.2 Å². The largest absolute Gasteiger partial charge is 0.385 e.